The van der Waals surface area contributed by atoms with Crippen LogP contribution >= 0.6 is 11.3 Å². The van der Waals surface area contributed by atoms with Gasteiger partial charge in [-0.25, -0.2) is 14.4 Å². The third-order valence-corrected chi connectivity index (χ3v) is 3.84. The molecule has 0 spiro atoms. The van der Waals surface area contributed by atoms with Crippen molar-refractivity contribution in [2.45, 2.75) is 19.9 Å². The third kappa shape index (κ3) is 3.11. The first-order chi connectivity index (χ1) is 9.51. The minimum absolute atomic E-state index is 0.174. The van der Waals surface area contributed by atoms with Crippen molar-refractivity contribution >= 4 is 23.1 Å². The molecule has 0 aliphatic heterocycles. The van der Waals surface area contributed by atoms with E-state index in [2.05, 4.69) is 20.6 Å². The predicted octanol–water partition coefficient (Wildman–Crippen LogP) is 2.52. The fraction of sp³-hybridized carbons (Fsp3) is 0.308. The van der Waals surface area contributed by atoms with E-state index in [1.54, 1.807) is 7.05 Å². The monoisotopic (exact) mass is 294 g/mol. The second-order valence-corrected chi connectivity index (χ2v) is 5.21. The van der Waals surface area contributed by atoms with Gasteiger partial charge in [-0.2, -0.15) is 0 Å². The lowest BCUT2D eigenvalue weighted by Crippen LogP contribution is -2.27. The van der Waals surface area contributed by atoms with Gasteiger partial charge in [0.05, 0.1) is 17.8 Å². The molecule has 1 amide bonds. The quantitative estimate of drug-likeness (QED) is 0.909. The summed E-state index contributed by atoms with van der Waals surface area (Å²) in [5.74, 6) is -0.597. The second-order valence-electron chi connectivity index (χ2n) is 4.32. The van der Waals surface area contributed by atoms with Crippen molar-refractivity contribution in [2.24, 2.45) is 0 Å². The molecule has 7 heteroatoms. The van der Waals surface area contributed by atoms with Gasteiger partial charge in [0, 0.05) is 18.1 Å². The lowest BCUT2D eigenvalue weighted by atomic mass is 10.2. The van der Waals surface area contributed by atoms with E-state index in [1.807, 2.05) is 19.2 Å². The minimum atomic E-state index is -0.549. The zero-order chi connectivity index (χ0) is 14.7. The molecule has 0 aromatic carbocycles. The van der Waals surface area contributed by atoms with Crippen molar-refractivity contribution < 1.29 is 9.18 Å². The summed E-state index contributed by atoms with van der Waals surface area (Å²) >= 11 is 1.48. The van der Waals surface area contributed by atoms with Gasteiger partial charge >= 0.3 is 0 Å². The standard InChI is InChI=1S/C13H15FN4OS/c1-7-6-20-13(17-7)8(2)18-12(19)10-4-9(14)5-16-11(10)15-3/h4-6,8H,1-3H3,(H,15,16)(H,18,19). The zero-order valence-corrected chi connectivity index (χ0v) is 12.2. The number of anilines is 1. The average Bonchev–Trinajstić information content (AvgIpc) is 2.85. The SMILES string of the molecule is CNc1ncc(F)cc1C(=O)NC(C)c1nc(C)cs1. The highest BCUT2D eigenvalue weighted by molar-refractivity contribution is 7.09. The number of rotatable bonds is 4. The van der Waals surface area contributed by atoms with Crippen LogP contribution in [0.25, 0.3) is 0 Å². The first-order valence-electron chi connectivity index (χ1n) is 6.07. The van der Waals surface area contributed by atoms with Crippen molar-refractivity contribution in [3.63, 3.8) is 0 Å². The fourth-order valence-electron chi connectivity index (χ4n) is 1.72. The molecule has 0 saturated carbocycles. The Labute approximate surface area is 120 Å². The minimum Gasteiger partial charge on any atom is -0.372 e. The Balaban J connectivity index is 2.18. The van der Waals surface area contributed by atoms with Gasteiger partial charge in [0.25, 0.3) is 5.91 Å². The van der Waals surface area contributed by atoms with E-state index >= 15 is 0 Å². The maximum Gasteiger partial charge on any atom is 0.255 e. The Kier molecular flexibility index (Phi) is 4.29. The van der Waals surface area contributed by atoms with Crippen LogP contribution in [0.5, 0.6) is 0 Å². The van der Waals surface area contributed by atoms with E-state index in [9.17, 15) is 9.18 Å². The van der Waals surface area contributed by atoms with Gasteiger partial charge in [-0.15, -0.1) is 11.3 Å². The van der Waals surface area contributed by atoms with Crippen molar-refractivity contribution in [3.8, 4) is 0 Å². The maximum atomic E-state index is 13.2. The highest BCUT2D eigenvalue weighted by Gasteiger charge is 2.17. The first kappa shape index (κ1) is 14.4. The number of thiazole rings is 1. The van der Waals surface area contributed by atoms with Crippen LogP contribution in [0.1, 0.15) is 34.0 Å². The van der Waals surface area contributed by atoms with E-state index < -0.39 is 5.82 Å². The highest BCUT2D eigenvalue weighted by atomic mass is 32.1. The Hall–Kier alpha value is -2.02. The van der Waals surface area contributed by atoms with Crippen molar-refractivity contribution in [1.29, 1.82) is 0 Å². The molecule has 20 heavy (non-hydrogen) atoms. The number of nitrogens with one attached hydrogen (secondary N) is 2. The van der Waals surface area contributed by atoms with Gasteiger partial charge in [0.15, 0.2) is 0 Å². The molecule has 0 aliphatic rings. The largest absolute Gasteiger partial charge is 0.372 e. The summed E-state index contributed by atoms with van der Waals surface area (Å²) in [6.07, 6.45) is 1.07. The Bertz CT molecular complexity index is 629. The maximum absolute atomic E-state index is 13.2. The van der Waals surface area contributed by atoms with Crippen LogP contribution in [0.15, 0.2) is 17.6 Å². The molecular formula is C13H15FN4OS. The summed E-state index contributed by atoms with van der Waals surface area (Å²) in [7, 11) is 1.63. The predicted molar refractivity (Wildman–Crippen MR) is 76.5 cm³/mol. The molecule has 0 radical (unpaired) electrons. The van der Waals surface area contributed by atoms with Crippen molar-refractivity contribution in [1.82, 2.24) is 15.3 Å². The van der Waals surface area contributed by atoms with Crippen LogP contribution < -0.4 is 10.6 Å². The molecule has 5 nitrogen and oxygen atoms in total. The van der Waals surface area contributed by atoms with Gasteiger partial charge < -0.3 is 10.6 Å². The van der Waals surface area contributed by atoms with Gasteiger partial charge in [0.2, 0.25) is 0 Å². The molecule has 0 saturated heterocycles. The molecular weight excluding hydrogens is 279 g/mol. The molecule has 0 fully saturated rings. The lowest BCUT2D eigenvalue weighted by Gasteiger charge is -2.13. The van der Waals surface area contributed by atoms with E-state index in [4.69, 9.17) is 0 Å². The molecule has 1 atom stereocenters. The molecule has 2 N–H and O–H groups in total. The van der Waals surface area contributed by atoms with Gasteiger partial charge in [-0.3, -0.25) is 4.79 Å². The molecule has 2 aromatic heterocycles. The second kappa shape index (κ2) is 5.96. The van der Waals surface area contributed by atoms with E-state index in [0.717, 1.165) is 23.0 Å². The molecule has 2 heterocycles. The number of nitrogens with zero attached hydrogens (tertiary/aromatic N) is 2. The molecule has 2 aromatic rings. The van der Waals surface area contributed by atoms with Crippen LogP contribution in [-0.2, 0) is 0 Å². The summed E-state index contributed by atoms with van der Waals surface area (Å²) in [6, 6.07) is 0.919. The van der Waals surface area contributed by atoms with Gasteiger partial charge in [0.1, 0.15) is 16.6 Å². The van der Waals surface area contributed by atoms with Crippen LogP contribution in [0.3, 0.4) is 0 Å². The Morgan fingerprint density at radius 2 is 2.25 bits per heavy atom. The zero-order valence-electron chi connectivity index (χ0n) is 11.4. The fourth-order valence-corrected chi connectivity index (χ4v) is 2.52. The number of hydrogen-bond acceptors (Lipinski definition) is 5. The van der Waals surface area contributed by atoms with Crippen LogP contribution in [0.4, 0.5) is 10.2 Å². The van der Waals surface area contributed by atoms with Crippen molar-refractivity contribution in [3.05, 3.63) is 39.7 Å². The molecule has 1 unspecified atom stereocenters. The topological polar surface area (TPSA) is 66.9 Å². The summed E-state index contributed by atoms with van der Waals surface area (Å²) in [5, 5.41) is 8.29. The third-order valence-electron chi connectivity index (χ3n) is 2.69. The first-order valence-corrected chi connectivity index (χ1v) is 6.95. The normalized spacial score (nSPS) is 12.0. The number of aromatic nitrogens is 2. The summed E-state index contributed by atoms with van der Waals surface area (Å²) < 4.78 is 13.2. The lowest BCUT2D eigenvalue weighted by molar-refractivity contribution is 0.0940. The Morgan fingerprint density at radius 1 is 1.50 bits per heavy atom. The van der Waals surface area contributed by atoms with E-state index in [0.29, 0.717) is 5.82 Å². The van der Waals surface area contributed by atoms with E-state index in [-0.39, 0.29) is 17.5 Å². The number of pyridine rings is 1. The van der Waals surface area contributed by atoms with Gasteiger partial charge in [-0.1, -0.05) is 0 Å². The van der Waals surface area contributed by atoms with Crippen LogP contribution in [0.2, 0.25) is 0 Å². The smallest absolute Gasteiger partial charge is 0.255 e. The Morgan fingerprint density at radius 3 is 2.85 bits per heavy atom. The van der Waals surface area contributed by atoms with Crippen LogP contribution in [0, 0.1) is 12.7 Å². The molecule has 0 aliphatic carbocycles. The number of hydrogen-bond donors (Lipinski definition) is 2. The molecule has 106 valence electrons. The average molecular weight is 294 g/mol. The number of aryl methyl sites for hydroxylation is 1. The number of carbonyl (C=O) groups is 1. The number of halogens is 1. The number of amides is 1. The summed E-state index contributed by atoms with van der Waals surface area (Å²) in [4.78, 5) is 20.3. The summed E-state index contributed by atoms with van der Waals surface area (Å²) in [5.41, 5.74) is 1.09. The molecule has 0 bridgehead atoms. The van der Waals surface area contributed by atoms with Crippen molar-refractivity contribution in [2.75, 3.05) is 12.4 Å². The van der Waals surface area contributed by atoms with Gasteiger partial charge in [-0.05, 0) is 19.9 Å². The number of carbonyl (C=O) groups excluding carboxylic acids is 1. The molecule has 2 rings (SSSR count). The highest BCUT2D eigenvalue weighted by Crippen LogP contribution is 2.19. The van der Waals surface area contributed by atoms with E-state index in [1.165, 1.54) is 11.3 Å². The van der Waals surface area contributed by atoms with Crippen LogP contribution in [-0.4, -0.2) is 22.9 Å². The summed E-state index contributed by atoms with van der Waals surface area (Å²) in [6.45, 7) is 3.73.